The number of nitrogens with zero attached hydrogens (tertiary/aromatic N) is 3. The molecule has 128 valence electrons. The minimum atomic E-state index is 0.0585. The molecule has 0 atom stereocenters. The topological polar surface area (TPSA) is 58.1 Å². The van der Waals surface area contributed by atoms with Crippen LogP contribution in [-0.4, -0.2) is 34.9 Å². The van der Waals surface area contributed by atoms with Gasteiger partial charge in [-0.15, -0.1) is 10.2 Å². The van der Waals surface area contributed by atoms with Crippen LogP contribution < -0.4 is 10.2 Å². The van der Waals surface area contributed by atoms with Crippen molar-refractivity contribution in [2.45, 2.75) is 42.5 Å². The Morgan fingerprint density at radius 1 is 1.25 bits per heavy atom. The van der Waals surface area contributed by atoms with Crippen LogP contribution in [-0.2, 0) is 4.79 Å². The summed E-state index contributed by atoms with van der Waals surface area (Å²) in [6.07, 6.45) is 6.34. The highest BCUT2D eigenvalue weighted by Gasteiger charge is 2.16. The number of para-hydroxylation sites is 1. The zero-order valence-electron chi connectivity index (χ0n) is 13.8. The van der Waals surface area contributed by atoms with E-state index in [1.54, 1.807) is 11.9 Å². The number of amides is 1. The van der Waals surface area contributed by atoms with Crippen LogP contribution in [0.1, 0.15) is 32.1 Å². The van der Waals surface area contributed by atoms with Gasteiger partial charge in [-0.2, -0.15) is 0 Å². The molecule has 0 saturated heterocycles. The number of thioether (sulfide) groups is 1. The van der Waals surface area contributed by atoms with Crippen molar-refractivity contribution in [3.63, 3.8) is 0 Å². The highest BCUT2D eigenvalue weighted by atomic mass is 32.2. The van der Waals surface area contributed by atoms with Crippen molar-refractivity contribution in [2.75, 3.05) is 23.0 Å². The van der Waals surface area contributed by atoms with Gasteiger partial charge in [-0.1, -0.05) is 60.6 Å². The molecule has 1 amide bonds. The fourth-order valence-corrected chi connectivity index (χ4v) is 4.51. The molecule has 1 aromatic carbocycles. The lowest BCUT2D eigenvalue weighted by molar-refractivity contribution is -0.115. The molecule has 1 aromatic heterocycles. The third-order valence-corrected chi connectivity index (χ3v) is 6.15. The smallest absolute Gasteiger partial charge is 0.237 e. The van der Waals surface area contributed by atoms with E-state index < -0.39 is 0 Å². The summed E-state index contributed by atoms with van der Waals surface area (Å²) < 4.78 is 0.836. The first-order chi connectivity index (χ1) is 11.7. The molecule has 0 bridgehead atoms. The number of anilines is 2. The molecule has 1 aliphatic rings. The molecule has 5 nitrogen and oxygen atoms in total. The van der Waals surface area contributed by atoms with Gasteiger partial charge < -0.3 is 10.2 Å². The second kappa shape index (κ2) is 8.48. The molecule has 0 aliphatic heterocycles. The Morgan fingerprint density at radius 2 is 2.00 bits per heavy atom. The molecule has 7 heteroatoms. The van der Waals surface area contributed by atoms with Crippen LogP contribution >= 0.6 is 23.1 Å². The highest BCUT2D eigenvalue weighted by Crippen LogP contribution is 2.28. The monoisotopic (exact) mass is 362 g/mol. The lowest BCUT2D eigenvalue weighted by Crippen LogP contribution is -2.27. The van der Waals surface area contributed by atoms with E-state index in [0.717, 1.165) is 15.2 Å². The van der Waals surface area contributed by atoms with Crippen LogP contribution in [0.4, 0.5) is 10.8 Å². The van der Waals surface area contributed by atoms with Crippen LogP contribution in [0.3, 0.4) is 0 Å². The first-order valence-corrected chi connectivity index (χ1v) is 10.1. The van der Waals surface area contributed by atoms with Gasteiger partial charge >= 0.3 is 0 Å². The number of hydrogen-bond donors (Lipinski definition) is 1. The Balaban J connectivity index is 1.49. The standard InChI is InChI=1S/C17H22N4OS2/c1-21(14-10-6-3-7-11-14)15(22)12-23-17-20-19-16(24-17)18-13-8-4-2-5-9-13/h3,6-7,10-11,13H,2,4-5,8-9,12H2,1H3,(H,18,19). The number of aromatic nitrogens is 2. The number of carbonyl (C=O) groups is 1. The molecule has 0 radical (unpaired) electrons. The molecule has 3 rings (SSSR count). The van der Waals surface area contributed by atoms with Crippen LogP contribution in [0, 0.1) is 0 Å². The summed E-state index contributed by atoms with van der Waals surface area (Å²) in [6.45, 7) is 0. The predicted octanol–water partition coefficient (Wildman–Crippen LogP) is 4.04. The normalized spacial score (nSPS) is 15.2. The van der Waals surface area contributed by atoms with Gasteiger partial charge in [0.15, 0.2) is 4.34 Å². The van der Waals surface area contributed by atoms with Gasteiger partial charge in [0, 0.05) is 18.8 Å². The van der Waals surface area contributed by atoms with Crippen molar-refractivity contribution < 1.29 is 4.79 Å². The number of hydrogen-bond acceptors (Lipinski definition) is 6. The van der Waals surface area contributed by atoms with Crippen LogP contribution in [0.15, 0.2) is 34.7 Å². The summed E-state index contributed by atoms with van der Waals surface area (Å²) in [5, 5.41) is 12.7. The lowest BCUT2D eigenvalue weighted by Gasteiger charge is -2.21. The van der Waals surface area contributed by atoms with E-state index >= 15 is 0 Å². The second-order valence-electron chi connectivity index (χ2n) is 5.93. The van der Waals surface area contributed by atoms with Crippen LogP contribution in [0.25, 0.3) is 0 Å². The van der Waals surface area contributed by atoms with Crippen molar-refractivity contribution in [1.82, 2.24) is 10.2 Å². The van der Waals surface area contributed by atoms with Gasteiger partial charge in [0.25, 0.3) is 0 Å². The minimum absolute atomic E-state index is 0.0585. The number of nitrogens with one attached hydrogen (secondary N) is 1. The minimum Gasteiger partial charge on any atom is -0.357 e. The summed E-state index contributed by atoms with van der Waals surface area (Å²) >= 11 is 2.98. The number of rotatable bonds is 6. The summed E-state index contributed by atoms with van der Waals surface area (Å²) in [5.74, 6) is 0.423. The molecule has 2 aromatic rings. The summed E-state index contributed by atoms with van der Waals surface area (Å²) in [6, 6.07) is 10.2. The molecular weight excluding hydrogens is 340 g/mol. The van der Waals surface area contributed by atoms with Gasteiger partial charge in [0.1, 0.15) is 0 Å². The van der Waals surface area contributed by atoms with E-state index in [1.807, 2.05) is 30.3 Å². The van der Waals surface area contributed by atoms with E-state index in [4.69, 9.17) is 0 Å². The number of carbonyl (C=O) groups excluding carboxylic acids is 1. The van der Waals surface area contributed by atoms with E-state index in [2.05, 4.69) is 15.5 Å². The number of benzene rings is 1. The molecule has 1 aliphatic carbocycles. The fourth-order valence-electron chi connectivity index (χ4n) is 2.76. The largest absolute Gasteiger partial charge is 0.357 e. The van der Waals surface area contributed by atoms with Crippen molar-refractivity contribution in [3.8, 4) is 0 Å². The van der Waals surface area contributed by atoms with E-state index in [0.29, 0.717) is 11.8 Å². The SMILES string of the molecule is CN(C(=O)CSc1nnc(NC2CCCCC2)s1)c1ccccc1. The summed E-state index contributed by atoms with van der Waals surface area (Å²) in [7, 11) is 1.80. The van der Waals surface area contributed by atoms with Crippen molar-refractivity contribution in [1.29, 1.82) is 0 Å². The lowest BCUT2D eigenvalue weighted by atomic mass is 9.96. The summed E-state index contributed by atoms with van der Waals surface area (Å²) in [4.78, 5) is 14.0. The predicted molar refractivity (Wildman–Crippen MR) is 101 cm³/mol. The fraction of sp³-hybridized carbons (Fsp3) is 0.471. The maximum atomic E-state index is 12.3. The molecular formula is C17H22N4OS2. The molecule has 0 spiro atoms. The van der Waals surface area contributed by atoms with Crippen LogP contribution in [0.5, 0.6) is 0 Å². The van der Waals surface area contributed by atoms with E-state index in [1.165, 1.54) is 55.2 Å². The molecule has 1 heterocycles. The van der Waals surface area contributed by atoms with Crippen molar-refractivity contribution in [3.05, 3.63) is 30.3 Å². The molecule has 24 heavy (non-hydrogen) atoms. The van der Waals surface area contributed by atoms with Gasteiger partial charge in [0.2, 0.25) is 11.0 Å². The Bertz CT molecular complexity index is 656. The maximum Gasteiger partial charge on any atom is 0.237 e. The zero-order chi connectivity index (χ0) is 16.8. The van der Waals surface area contributed by atoms with E-state index in [-0.39, 0.29) is 5.91 Å². The first-order valence-electron chi connectivity index (χ1n) is 8.27. The Morgan fingerprint density at radius 3 is 2.75 bits per heavy atom. The molecule has 0 unspecified atom stereocenters. The highest BCUT2D eigenvalue weighted by molar-refractivity contribution is 8.01. The Labute approximate surface area is 150 Å². The van der Waals surface area contributed by atoms with Gasteiger partial charge in [-0.3, -0.25) is 4.79 Å². The Hall–Kier alpha value is -1.60. The van der Waals surface area contributed by atoms with Gasteiger partial charge in [0.05, 0.1) is 5.75 Å². The van der Waals surface area contributed by atoms with Crippen LogP contribution in [0.2, 0.25) is 0 Å². The Kier molecular flexibility index (Phi) is 6.09. The average Bonchev–Trinajstić information content (AvgIpc) is 3.08. The zero-order valence-corrected chi connectivity index (χ0v) is 15.4. The first kappa shape index (κ1) is 17.2. The maximum absolute atomic E-state index is 12.3. The van der Waals surface area contributed by atoms with Crippen molar-refractivity contribution in [2.24, 2.45) is 0 Å². The third kappa shape index (κ3) is 4.70. The second-order valence-corrected chi connectivity index (χ2v) is 8.13. The van der Waals surface area contributed by atoms with Gasteiger partial charge in [-0.25, -0.2) is 0 Å². The quantitative estimate of drug-likeness (QED) is 0.786. The molecule has 1 N–H and O–H groups in total. The summed E-state index contributed by atoms with van der Waals surface area (Å²) in [5.41, 5.74) is 0.903. The van der Waals surface area contributed by atoms with Crippen molar-refractivity contribution >= 4 is 39.8 Å². The average molecular weight is 363 g/mol. The molecule has 1 fully saturated rings. The van der Waals surface area contributed by atoms with E-state index in [9.17, 15) is 4.79 Å². The third-order valence-electron chi connectivity index (χ3n) is 4.18. The molecule has 1 saturated carbocycles. The van der Waals surface area contributed by atoms with Gasteiger partial charge in [-0.05, 0) is 25.0 Å².